The van der Waals surface area contributed by atoms with Gasteiger partial charge in [-0.25, -0.2) is 0 Å². The van der Waals surface area contributed by atoms with Crippen molar-refractivity contribution in [3.05, 3.63) is 53.1 Å². The van der Waals surface area contributed by atoms with Crippen LogP contribution in [0.5, 0.6) is 0 Å². The van der Waals surface area contributed by atoms with Crippen LogP contribution in [0, 0.1) is 6.92 Å². The number of nitrogens with one attached hydrogen (secondary N) is 2. The first-order valence-electron chi connectivity index (χ1n) is 8.72. The van der Waals surface area contributed by atoms with Gasteiger partial charge in [0.2, 0.25) is 11.8 Å². The van der Waals surface area contributed by atoms with Gasteiger partial charge in [-0.15, -0.1) is 0 Å². The van der Waals surface area contributed by atoms with Gasteiger partial charge >= 0.3 is 0 Å². The molecule has 26 heavy (non-hydrogen) atoms. The van der Waals surface area contributed by atoms with Crippen LogP contribution in [0.4, 0.5) is 17.1 Å². The van der Waals surface area contributed by atoms with E-state index in [0.29, 0.717) is 16.4 Å². The smallest absolute Gasteiger partial charge is 0.233 e. The summed E-state index contributed by atoms with van der Waals surface area (Å²) in [7, 11) is 0. The van der Waals surface area contributed by atoms with Crippen molar-refractivity contribution in [2.45, 2.75) is 26.2 Å². The topological polar surface area (TPSA) is 61.4 Å². The molecule has 1 saturated heterocycles. The van der Waals surface area contributed by atoms with E-state index in [9.17, 15) is 9.59 Å². The Balaban J connectivity index is 1.52. The second kappa shape index (κ2) is 8.23. The molecule has 2 aromatic rings. The first kappa shape index (κ1) is 18.3. The maximum absolute atomic E-state index is 12.1. The van der Waals surface area contributed by atoms with Gasteiger partial charge in [-0.3, -0.25) is 9.59 Å². The number of amides is 2. The maximum atomic E-state index is 12.1. The van der Waals surface area contributed by atoms with Gasteiger partial charge in [-0.05, 0) is 67.8 Å². The largest absolute Gasteiger partial charge is 0.372 e. The zero-order valence-electron chi connectivity index (χ0n) is 14.7. The monoisotopic (exact) mass is 371 g/mol. The highest BCUT2D eigenvalue weighted by molar-refractivity contribution is 6.30. The van der Waals surface area contributed by atoms with Crippen LogP contribution in [0.1, 0.15) is 24.8 Å². The SMILES string of the molecule is Cc1cc(Cl)ccc1NC(=O)CC(=O)Nc1ccc(N2CCCC2)cc1. The zero-order chi connectivity index (χ0) is 18.5. The molecule has 0 bridgehead atoms. The van der Waals surface area contributed by atoms with Gasteiger partial charge in [0.15, 0.2) is 0 Å². The second-order valence-electron chi connectivity index (χ2n) is 6.47. The summed E-state index contributed by atoms with van der Waals surface area (Å²) >= 11 is 5.90. The number of rotatable bonds is 5. The van der Waals surface area contributed by atoms with Crippen molar-refractivity contribution in [2.75, 3.05) is 28.6 Å². The number of benzene rings is 2. The fourth-order valence-electron chi connectivity index (χ4n) is 3.04. The van der Waals surface area contributed by atoms with Gasteiger partial charge in [0.1, 0.15) is 6.42 Å². The molecule has 0 aliphatic carbocycles. The Kier molecular flexibility index (Phi) is 5.78. The summed E-state index contributed by atoms with van der Waals surface area (Å²) in [6, 6.07) is 12.9. The molecule has 1 aliphatic heterocycles. The van der Waals surface area contributed by atoms with Crippen LogP contribution in [0.2, 0.25) is 5.02 Å². The standard InChI is InChI=1S/C20H22ClN3O2/c1-14-12-15(21)4-9-18(14)23-20(26)13-19(25)22-16-5-7-17(8-6-16)24-10-2-3-11-24/h4-9,12H,2-3,10-11,13H2,1H3,(H,22,25)(H,23,26). The summed E-state index contributed by atoms with van der Waals surface area (Å²) < 4.78 is 0. The molecule has 1 heterocycles. The fourth-order valence-corrected chi connectivity index (χ4v) is 3.27. The molecule has 0 atom stereocenters. The number of carbonyl (C=O) groups excluding carboxylic acids is 2. The average Bonchev–Trinajstić information content (AvgIpc) is 3.12. The Bertz CT molecular complexity index is 799. The van der Waals surface area contributed by atoms with E-state index in [1.54, 1.807) is 18.2 Å². The lowest BCUT2D eigenvalue weighted by atomic mass is 10.2. The minimum absolute atomic E-state index is 0.240. The normalized spacial score (nSPS) is 13.5. The first-order chi connectivity index (χ1) is 12.5. The Morgan fingerprint density at radius 3 is 2.31 bits per heavy atom. The lowest BCUT2D eigenvalue weighted by Crippen LogP contribution is -2.22. The van der Waals surface area contributed by atoms with Crippen LogP contribution in [-0.4, -0.2) is 24.9 Å². The van der Waals surface area contributed by atoms with Crippen molar-refractivity contribution in [3.8, 4) is 0 Å². The van der Waals surface area contributed by atoms with Gasteiger partial charge in [0, 0.05) is 35.2 Å². The van der Waals surface area contributed by atoms with Crippen molar-refractivity contribution < 1.29 is 9.59 Å². The zero-order valence-corrected chi connectivity index (χ0v) is 15.5. The van der Waals surface area contributed by atoms with Crippen molar-refractivity contribution in [3.63, 3.8) is 0 Å². The summed E-state index contributed by atoms with van der Waals surface area (Å²) in [5, 5.41) is 6.10. The molecule has 0 radical (unpaired) electrons. The lowest BCUT2D eigenvalue weighted by molar-refractivity contribution is -0.123. The van der Waals surface area contributed by atoms with Gasteiger partial charge in [-0.1, -0.05) is 11.6 Å². The number of halogens is 1. The van der Waals surface area contributed by atoms with Gasteiger partial charge in [-0.2, -0.15) is 0 Å². The van der Waals surface area contributed by atoms with Crippen molar-refractivity contribution in [1.29, 1.82) is 0 Å². The van der Waals surface area contributed by atoms with Crippen molar-refractivity contribution in [1.82, 2.24) is 0 Å². The van der Waals surface area contributed by atoms with E-state index in [-0.39, 0.29) is 18.2 Å². The van der Waals surface area contributed by atoms with E-state index >= 15 is 0 Å². The molecule has 3 rings (SSSR count). The second-order valence-corrected chi connectivity index (χ2v) is 6.91. The third kappa shape index (κ3) is 4.76. The van der Waals surface area contributed by atoms with Crippen molar-refractivity contribution in [2.24, 2.45) is 0 Å². The molecule has 136 valence electrons. The minimum atomic E-state index is -0.360. The molecule has 5 nitrogen and oxygen atoms in total. The van der Waals surface area contributed by atoms with Crippen LogP contribution < -0.4 is 15.5 Å². The Morgan fingerprint density at radius 1 is 1.00 bits per heavy atom. The maximum Gasteiger partial charge on any atom is 0.233 e. The van der Waals surface area contributed by atoms with E-state index in [1.807, 2.05) is 31.2 Å². The Hall–Kier alpha value is -2.53. The molecule has 1 aliphatic rings. The number of nitrogens with zero attached hydrogens (tertiary/aromatic N) is 1. The molecule has 6 heteroatoms. The molecule has 0 saturated carbocycles. The van der Waals surface area contributed by atoms with Gasteiger partial charge < -0.3 is 15.5 Å². The molecule has 0 aromatic heterocycles. The highest BCUT2D eigenvalue weighted by atomic mass is 35.5. The van der Waals surface area contributed by atoms with Crippen LogP contribution >= 0.6 is 11.6 Å². The minimum Gasteiger partial charge on any atom is -0.372 e. The van der Waals surface area contributed by atoms with Crippen LogP contribution in [0.15, 0.2) is 42.5 Å². The molecule has 2 N–H and O–H groups in total. The van der Waals surface area contributed by atoms with E-state index in [1.165, 1.54) is 12.8 Å². The van der Waals surface area contributed by atoms with Gasteiger partial charge in [0.05, 0.1) is 0 Å². The number of hydrogen-bond donors (Lipinski definition) is 2. The van der Waals surface area contributed by atoms with Crippen LogP contribution in [-0.2, 0) is 9.59 Å². The highest BCUT2D eigenvalue weighted by Crippen LogP contribution is 2.22. The number of aryl methyl sites for hydroxylation is 1. The molecule has 0 spiro atoms. The third-order valence-electron chi connectivity index (χ3n) is 4.41. The predicted octanol–water partition coefficient (Wildman–Crippen LogP) is 4.22. The molecule has 2 amide bonds. The van der Waals surface area contributed by atoms with E-state index in [2.05, 4.69) is 15.5 Å². The van der Waals surface area contributed by atoms with E-state index in [0.717, 1.165) is 24.3 Å². The number of anilines is 3. The number of carbonyl (C=O) groups is 2. The van der Waals surface area contributed by atoms with Crippen LogP contribution in [0.25, 0.3) is 0 Å². The highest BCUT2D eigenvalue weighted by Gasteiger charge is 2.13. The molecule has 0 unspecified atom stereocenters. The molecule has 1 fully saturated rings. The first-order valence-corrected chi connectivity index (χ1v) is 9.10. The fraction of sp³-hybridized carbons (Fsp3) is 0.300. The van der Waals surface area contributed by atoms with Crippen LogP contribution in [0.3, 0.4) is 0 Å². The van der Waals surface area contributed by atoms with E-state index < -0.39 is 0 Å². The summed E-state index contributed by atoms with van der Waals surface area (Å²) in [6.07, 6.45) is 2.21. The Morgan fingerprint density at radius 2 is 1.65 bits per heavy atom. The molecular weight excluding hydrogens is 350 g/mol. The lowest BCUT2D eigenvalue weighted by Gasteiger charge is -2.17. The average molecular weight is 372 g/mol. The summed E-state index contributed by atoms with van der Waals surface area (Å²) in [6.45, 7) is 4.01. The van der Waals surface area contributed by atoms with Crippen molar-refractivity contribution >= 4 is 40.5 Å². The quantitative estimate of drug-likeness (QED) is 0.774. The summed E-state index contributed by atoms with van der Waals surface area (Å²) in [5.41, 5.74) is 3.36. The third-order valence-corrected chi connectivity index (χ3v) is 4.64. The molecular formula is C20H22ClN3O2. The summed E-state index contributed by atoms with van der Waals surface area (Å²) in [4.78, 5) is 26.5. The predicted molar refractivity (Wildman–Crippen MR) is 106 cm³/mol. The number of hydrogen-bond acceptors (Lipinski definition) is 3. The summed E-state index contributed by atoms with van der Waals surface area (Å²) in [5.74, 6) is -0.704. The Labute approximate surface area is 158 Å². The van der Waals surface area contributed by atoms with E-state index in [4.69, 9.17) is 11.6 Å². The van der Waals surface area contributed by atoms with Gasteiger partial charge in [0.25, 0.3) is 0 Å². The molecule has 2 aromatic carbocycles.